The van der Waals surface area contributed by atoms with Crippen LogP contribution in [0.25, 0.3) is 0 Å². The van der Waals surface area contributed by atoms with Crippen LogP contribution in [0.4, 0.5) is 0 Å². The van der Waals surface area contributed by atoms with Crippen molar-refractivity contribution in [2.45, 2.75) is 43.5 Å². The van der Waals surface area contributed by atoms with E-state index < -0.39 is 10.0 Å². The summed E-state index contributed by atoms with van der Waals surface area (Å²) in [4.78, 5) is 24.2. The van der Waals surface area contributed by atoms with Crippen molar-refractivity contribution >= 4 is 15.8 Å². The van der Waals surface area contributed by atoms with Crippen LogP contribution < -0.4 is 5.56 Å². The fourth-order valence-corrected chi connectivity index (χ4v) is 3.64. The smallest absolute Gasteiger partial charge is 0.250 e. The van der Waals surface area contributed by atoms with E-state index in [0.29, 0.717) is 0 Å². The van der Waals surface area contributed by atoms with Gasteiger partial charge in [0.1, 0.15) is 0 Å². The van der Waals surface area contributed by atoms with Gasteiger partial charge in [-0.2, -0.15) is 0 Å². The van der Waals surface area contributed by atoms with Crippen molar-refractivity contribution < 1.29 is 13.2 Å². The van der Waals surface area contributed by atoms with Crippen molar-refractivity contribution in [3.8, 4) is 0 Å². The van der Waals surface area contributed by atoms with Crippen LogP contribution in [0, 0.1) is 5.92 Å². The molecule has 1 aromatic heterocycles. The largest absolute Gasteiger partial charge is 0.307 e. The first-order chi connectivity index (χ1) is 10.3. The number of aromatic nitrogens is 1. The van der Waals surface area contributed by atoms with Gasteiger partial charge < -0.3 is 4.57 Å². The van der Waals surface area contributed by atoms with Gasteiger partial charge in [-0.05, 0) is 18.9 Å². The summed E-state index contributed by atoms with van der Waals surface area (Å²) in [5.41, 5.74) is -0.359. The van der Waals surface area contributed by atoms with Crippen LogP contribution in [-0.4, -0.2) is 37.2 Å². The quantitative estimate of drug-likeness (QED) is 0.816. The summed E-state index contributed by atoms with van der Waals surface area (Å²) in [5, 5.41) is 0. The molecule has 0 aliphatic heterocycles. The number of carbonyl (C=O) groups excluding carboxylic acids is 1. The van der Waals surface area contributed by atoms with E-state index in [1.165, 1.54) is 37.0 Å². The zero-order valence-corrected chi connectivity index (χ0v) is 13.8. The van der Waals surface area contributed by atoms with E-state index in [4.69, 9.17) is 0 Å². The fourth-order valence-electron chi connectivity index (χ4n) is 2.72. The highest BCUT2D eigenvalue weighted by atomic mass is 32.2. The summed E-state index contributed by atoms with van der Waals surface area (Å²) >= 11 is 0. The van der Waals surface area contributed by atoms with Crippen LogP contribution in [0.15, 0.2) is 28.0 Å². The summed E-state index contributed by atoms with van der Waals surface area (Å²) in [6, 6.07) is 2.48. The van der Waals surface area contributed by atoms with Crippen molar-refractivity contribution in [1.29, 1.82) is 0 Å². The first kappa shape index (κ1) is 16.9. The summed E-state index contributed by atoms with van der Waals surface area (Å²) < 4.78 is 26.5. The molecule has 0 atom stereocenters. The molecule has 0 aromatic carbocycles. The van der Waals surface area contributed by atoms with Gasteiger partial charge in [-0.1, -0.05) is 19.3 Å². The standard InChI is InChI=1S/C15H22N2O4S/c1-16(2)22(20,21)13-8-9-15(19)17(10-13)11-14(18)12-6-4-3-5-7-12/h8-10,12H,3-7,11H2,1-2H3. The summed E-state index contributed by atoms with van der Waals surface area (Å²) in [7, 11) is -0.757. The first-order valence-corrected chi connectivity index (χ1v) is 8.92. The highest BCUT2D eigenvalue weighted by Gasteiger charge is 2.23. The highest BCUT2D eigenvalue weighted by molar-refractivity contribution is 7.89. The monoisotopic (exact) mass is 326 g/mol. The third kappa shape index (κ3) is 3.64. The SMILES string of the molecule is CN(C)S(=O)(=O)c1ccc(=O)n(CC(=O)C2CCCCC2)c1. The Labute approximate surface area is 130 Å². The average Bonchev–Trinajstić information content (AvgIpc) is 2.50. The van der Waals surface area contributed by atoms with Crippen LogP contribution in [0.3, 0.4) is 0 Å². The van der Waals surface area contributed by atoms with Gasteiger partial charge in [0, 0.05) is 32.3 Å². The predicted octanol–water partition coefficient (Wildman–Crippen LogP) is 1.25. The Balaban J connectivity index is 2.24. The number of hydrogen-bond donors (Lipinski definition) is 0. The molecular formula is C15H22N2O4S. The number of hydrogen-bond acceptors (Lipinski definition) is 4. The Kier molecular flexibility index (Phi) is 5.18. The topological polar surface area (TPSA) is 76.5 Å². The Bertz CT molecular complexity index is 700. The van der Waals surface area contributed by atoms with E-state index >= 15 is 0 Å². The second-order valence-corrected chi connectivity index (χ2v) is 8.07. The molecule has 1 aliphatic rings. The lowest BCUT2D eigenvalue weighted by atomic mass is 9.86. The molecule has 22 heavy (non-hydrogen) atoms. The van der Waals surface area contributed by atoms with Gasteiger partial charge in [-0.3, -0.25) is 9.59 Å². The lowest BCUT2D eigenvalue weighted by molar-refractivity contribution is -0.124. The van der Waals surface area contributed by atoms with Gasteiger partial charge in [0.25, 0.3) is 5.56 Å². The molecule has 6 nitrogen and oxygen atoms in total. The van der Waals surface area contributed by atoms with Crippen molar-refractivity contribution in [2.24, 2.45) is 5.92 Å². The fraction of sp³-hybridized carbons (Fsp3) is 0.600. The molecule has 2 rings (SSSR count). The average molecular weight is 326 g/mol. The molecule has 0 N–H and O–H groups in total. The molecule has 1 fully saturated rings. The zero-order valence-electron chi connectivity index (χ0n) is 13.0. The van der Waals surface area contributed by atoms with Crippen LogP contribution in [-0.2, 0) is 21.4 Å². The molecule has 1 aromatic rings. The molecule has 1 aliphatic carbocycles. The lowest BCUT2D eigenvalue weighted by Crippen LogP contribution is -2.30. The number of ketones is 1. The summed E-state index contributed by atoms with van der Waals surface area (Å²) in [5.74, 6) is 0.0102. The summed E-state index contributed by atoms with van der Waals surface area (Å²) in [6.07, 6.45) is 6.23. The second kappa shape index (κ2) is 6.75. The Morgan fingerprint density at radius 3 is 2.45 bits per heavy atom. The molecule has 122 valence electrons. The number of sulfonamides is 1. The van der Waals surface area contributed by atoms with Crippen molar-refractivity contribution in [3.63, 3.8) is 0 Å². The third-order valence-electron chi connectivity index (χ3n) is 4.12. The minimum absolute atomic E-state index is 0.00485. The van der Waals surface area contributed by atoms with Gasteiger partial charge in [0.15, 0.2) is 5.78 Å². The molecule has 0 saturated heterocycles. The van der Waals surface area contributed by atoms with Gasteiger partial charge in [0.2, 0.25) is 10.0 Å². The third-order valence-corrected chi connectivity index (χ3v) is 5.92. The van der Waals surface area contributed by atoms with E-state index in [1.807, 2.05) is 0 Å². The Morgan fingerprint density at radius 1 is 1.23 bits per heavy atom. The second-order valence-electron chi connectivity index (χ2n) is 5.92. The van der Waals surface area contributed by atoms with Crippen LogP contribution in [0.2, 0.25) is 0 Å². The maximum atomic E-state index is 12.3. The van der Waals surface area contributed by atoms with Crippen LogP contribution >= 0.6 is 0 Å². The predicted molar refractivity (Wildman–Crippen MR) is 83.2 cm³/mol. The first-order valence-electron chi connectivity index (χ1n) is 7.48. The maximum Gasteiger partial charge on any atom is 0.250 e. The molecular weight excluding hydrogens is 304 g/mol. The van der Waals surface area contributed by atoms with Crippen LogP contribution in [0.5, 0.6) is 0 Å². The molecule has 0 spiro atoms. The highest BCUT2D eigenvalue weighted by Crippen LogP contribution is 2.24. The van der Waals surface area contributed by atoms with Gasteiger partial charge in [-0.15, -0.1) is 0 Å². The van der Waals surface area contributed by atoms with E-state index in [0.717, 1.165) is 36.4 Å². The van der Waals surface area contributed by atoms with Gasteiger partial charge >= 0.3 is 0 Å². The summed E-state index contributed by atoms with van der Waals surface area (Å²) in [6.45, 7) is -0.0553. The van der Waals surface area contributed by atoms with Gasteiger partial charge in [0.05, 0.1) is 11.4 Å². The Hall–Kier alpha value is -1.47. The number of nitrogens with zero attached hydrogens (tertiary/aromatic N) is 2. The molecule has 0 radical (unpaired) electrons. The van der Waals surface area contributed by atoms with Crippen molar-refractivity contribution in [1.82, 2.24) is 8.87 Å². The molecule has 0 unspecified atom stereocenters. The Morgan fingerprint density at radius 2 is 1.86 bits per heavy atom. The minimum atomic E-state index is -3.61. The molecule has 1 heterocycles. The lowest BCUT2D eigenvalue weighted by Gasteiger charge is -2.20. The molecule has 0 bridgehead atoms. The number of carbonyl (C=O) groups is 1. The molecule has 1 saturated carbocycles. The number of Topliss-reactive ketones (excluding diaryl/α,β-unsaturated/α-hetero) is 1. The molecule has 7 heteroatoms. The zero-order chi connectivity index (χ0) is 16.3. The van der Waals surface area contributed by atoms with E-state index in [2.05, 4.69) is 0 Å². The number of rotatable bonds is 5. The van der Waals surface area contributed by atoms with E-state index in [1.54, 1.807) is 0 Å². The normalized spacial score (nSPS) is 16.9. The maximum absolute atomic E-state index is 12.3. The van der Waals surface area contributed by atoms with Gasteiger partial charge in [-0.25, -0.2) is 12.7 Å². The van der Waals surface area contributed by atoms with Crippen LogP contribution in [0.1, 0.15) is 32.1 Å². The van der Waals surface area contributed by atoms with Crippen molar-refractivity contribution in [3.05, 3.63) is 28.7 Å². The molecule has 0 amide bonds. The van der Waals surface area contributed by atoms with Crippen molar-refractivity contribution in [2.75, 3.05) is 14.1 Å². The van der Waals surface area contributed by atoms with E-state index in [-0.39, 0.29) is 28.7 Å². The number of pyridine rings is 1. The minimum Gasteiger partial charge on any atom is -0.307 e. The van der Waals surface area contributed by atoms with E-state index in [9.17, 15) is 18.0 Å².